The van der Waals surface area contributed by atoms with Crippen LogP contribution in [0, 0.1) is 5.92 Å². The molecule has 0 amide bonds. The van der Waals surface area contributed by atoms with Crippen molar-refractivity contribution < 1.29 is 5.11 Å². The van der Waals surface area contributed by atoms with Crippen LogP contribution in [0.25, 0.3) is 0 Å². The molecule has 0 spiro atoms. The van der Waals surface area contributed by atoms with E-state index in [1.165, 1.54) is 32.5 Å². The van der Waals surface area contributed by atoms with Gasteiger partial charge in [-0.2, -0.15) is 0 Å². The van der Waals surface area contributed by atoms with Gasteiger partial charge in [-0.25, -0.2) is 0 Å². The molecule has 0 aromatic carbocycles. The second kappa shape index (κ2) is 7.21. The molecular weight excluding hydrogens is 176 g/mol. The Hall–Kier alpha value is -0.120. The number of hydrogen-bond acceptors (Lipinski definition) is 3. The summed E-state index contributed by atoms with van der Waals surface area (Å²) >= 11 is 0. The van der Waals surface area contributed by atoms with Crippen molar-refractivity contribution in [3.05, 3.63) is 0 Å². The van der Waals surface area contributed by atoms with E-state index in [0.29, 0.717) is 6.61 Å². The number of nitrogens with zero attached hydrogens (tertiary/aromatic N) is 1. The summed E-state index contributed by atoms with van der Waals surface area (Å²) in [6.45, 7) is 8.43. The van der Waals surface area contributed by atoms with Gasteiger partial charge in [0.15, 0.2) is 0 Å². The van der Waals surface area contributed by atoms with Gasteiger partial charge in [-0.05, 0) is 51.4 Å². The lowest BCUT2D eigenvalue weighted by Crippen LogP contribution is -2.32. The largest absolute Gasteiger partial charge is 0.396 e. The van der Waals surface area contributed by atoms with Crippen LogP contribution in [0.4, 0.5) is 0 Å². The number of aliphatic hydroxyl groups excluding tert-OH is 1. The summed E-state index contributed by atoms with van der Waals surface area (Å²) in [6, 6.07) is 0. The maximum atomic E-state index is 8.61. The SMILES string of the molecule is CC(CNCCCO)CN1CCCC1. The Morgan fingerprint density at radius 1 is 1.36 bits per heavy atom. The Kier molecular flexibility index (Phi) is 6.15. The summed E-state index contributed by atoms with van der Waals surface area (Å²) in [4.78, 5) is 2.55. The average molecular weight is 200 g/mol. The van der Waals surface area contributed by atoms with Crippen LogP contribution in [0.2, 0.25) is 0 Å². The van der Waals surface area contributed by atoms with E-state index in [-0.39, 0.29) is 0 Å². The first kappa shape index (κ1) is 12.0. The predicted molar refractivity (Wildman–Crippen MR) is 59.4 cm³/mol. The summed E-state index contributed by atoms with van der Waals surface area (Å²) < 4.78 is 0. The molecule has 0 aromatic rings. The Bertz CT molecular complexity index is 135. The Balaban J connectivity index is 1.95. The van der Waals surface area contributed by atoms with Gasteiger partial charge in [0.25, 0.3) is 0 Å². The van der Waals surface area contributed by atoms with Crippen molar-refractivity contribution in [2.75, 3.05) is 39.3 Å². The van der Waals surface area contributed by atoms with Gasteiger partial charge in [0, 0.05) is 13.2 Å². The Morgan fingerprint density at radius 3 is 2.71 bits per heavy atom. The minimum atomic E-state index is 0.299. The normalized spacial score (nSPS) is 20.1. The number of rotatable bonds is 7. The van der Waals surface area contributed by atoms with E-state index in [2.05, 4.69) is 17.1 Å². The quantitative estimate of drug-likeness (QED) is 0.594. The Morgan fingerprint density at radius 2 is 2.07 bits per heavy atom. The highest BCUT2D eigenvalue weighted by Gasteiger charge is 2.13. The third-order valence-electron chi connectivity index (χ3n) is 2.77. The third kappa shape index (κ3) is 4.94. The average Bonchev–Trinajstić information content (AvgIpc) is 2.65. The van der Waals surface area contributed by atoms with Crippen LogP contribution in [0.5, 0.6) is 0 Å². The molecule has 1 fully saturated rings. The maximum absolute atomic E-state index is 8.61. The summed E-state index contributed by atoms with van der Waals surface area (Å²) in [6.07, 6.45) is 3.63. The maximum Gasteiger partial charge on any atom is 0.0443 e. The van der Waals surface area contributed by atoms with Crippen LogP contribution in [-0.4, -0.2) is 49.3 Å². The second-order valence-corrected chi connectivity index (χ2v) is 4.39. The van der Waals surface area contributed by atoms with E-state index in [1.54, 1.807) is 0 Å². The lowest BCUT2D eigenvalue weighted by Gasteiger charge is -2.20. The van der Waals surface area contributed by atoms with Crippen molar-refractivity contribution >= 4 is 0 Å². The fourth-order valence-electron chi connectivity index (χ4n) is 2.02. The molecule has 0 aromatic heterocycles. The Labute approximate surface area is 87.5 Å². The van der Waals surface area contributed by atoms with Crippen LogP contribution in [0.15, 0.2) is 0 Å². The molecule has 3 heteroatoms. The highest BCUT2D eigenvalue weighted by Crippen LogP contribution is 2.09. The molecule has 0 aliphatic carbocycles. The molecule has 1 rings (SSSR count). The van der Waals surface area contributed by atoms with Gasteiger partial charge in [-0.3, -0.25) is 0 Å². The zero-order chi connectivity index (χ0) is 10.2. The summed E-state index contributed by atoms with van der Waals surface area (Å²) in [5.41, 5.74) is 0. The first-order valence-corrected chi connectivity index (χ1v) is 5.87. The van der Waals surface area contributed by atoms with Crippen LogP contribution in [0.3, 0.4) is 0 Å². The van der Waals surface area contributed by atoms with Crippen LogP contribution in [0.1, 0.15) is 26.2 Å². The lowest BCUT2D eigenvalue weighted by molar-refractivity contribution is 0.271. The minimum Gasteiger partial charge on any atom is -0.396 e. The fourth-order valence-corrected chi connectivity index (χ4v) is 2.02. The molecule has 14 heavy (non-hydrogen) atoms. The van der Waals surface area contributed by atoms with Gasteiger partial charge in [-0.15, -0.1) is 0 Å². The molecule has 84 valence electrons. The summed E-state index contributed by atoms with van der Waals surface area (Å²) in [5, 5.41) is 12.0. The predicted octanol–water partition coefficient (Wildman–Crippen LogP) is 0.690. The molecule has 1 aliphatic heterocycles. The van der Waals surface area contributed by atoms with E-state index in [0.717, 1.165) is 25.4 Å². The topological polar surface area (TPSA) is 35.5 Å². The zero-order valence-electron chi connectivity index (χ0n) is 9.34. The zero-order valence-corrected chi connectivity index (χ0v) is 9.34. The summed E-state index contributed by atoms with van der Waals surface area (Å²) in [5.74, 6) is 0.729. The van der Waals surface area contributed by atoms with E-state index < -0.39 is 0 Å². The molecule has 0 bridgehead atoms. The van der Waals surface area contributed by atoms with E-state index in [9.17, 15) is 0 Å². The molecule has 0 radical (unpaired) electrons. The van der Waals surface area contributed by atoms with E-state index in [4.69, 9.17) is 5.11 Å². The first-order valence-electron chi connectivity index (χ1n) is 5.87. The number of nitrogens with one attached hydrogen (secondary N) is 1. The van der Waals surface area contributed by atoms with Crippen molar-refractivity contribution in [2.45, 2.75) is 26.2 Å². The monoisotopic (exact) mass is 200 g/mol. The van der Waals surface area contributed by atoms with E-state index in [1.807, 2.05) is 0 Å². The highest BCUT2D eigenvalue weighted by molar-refractivity contribution is 4.69. The van der Waals surface area contributed by atoms with Crippen LogP contribution >= 0.6 is 0 Å². The lowest BCUT2D eigenvalue weighted by atomic mass is 10.1. The van der Waals surface area contributed by atoms with Crippen molar-refractivity contribution in [3.8, 4) is 0 Å². The van der Waals surface area contributed by atoms with Crippen molar-refractivity contribution in [3.63, 3.8) is 0 Å². The number of aliphatic hydroxyl groups is 1. The first-order chi connectivity index (χ1) is 6.83. The van der Waals surface area contributed by atoms with Gasteiger partial charge in [0.2, 0.25) is 0 Å². The van der Waals surface area contributed by atoms with E-state index >= 15 is 0 Å². The van der Waals surface area contributed by atoms with Gasteiger partial charge >= 0.3 is 0 Å². The molecule has 1 atom stereocenters. The molecule has 1 unspecified atom stereocenters. The molecule has 0 saturated carbocycles. The van der Waals surface area contributed by atoms with Gasteiger partial charge in [0.05, 0.1) is 0 Å². The van der Waals surface area contributed by atoms with Crippen molar-refractivity contribution in [1.82, 2.24) is 10.2 Å². The molecule has 1 heterocycles. The van der Waals surface area contributed by atoms with Gasteiger partial charge in [-0.1, -0.05) is 6.92 Å². The standard InChI is InChI=1S/C11H24N2O/c1-11(9-12-5-4-8-14)10-13-6-2-3-7-13/h11-12,14H,2-10H2,1H3. The van der Waals surface area contributed by atoms with Crippen LogP contribution < -0.4 is 5.32 Å². The molecular formula is C11H24N2O. The highest BCUT2D eigenvalue weighted by atomic mass is 16.3. The van der Waals surface area contributed by atoms with Crippen LogP contribution in [-0.2, 0) is 0 Å². The number of hydrogen-bond donors (Lipinski definition) is 2. The minimum absolute atomic E-state index is 0.299. The third-order valence-corrected chi connectivity index (χ3v) is 2.77. The number of likely N-dealkylation sites (tertiary alicyclic amines) is 1. The molecule has 3 nitrogen and oxygen atoms in total. The fraction of sp³-hybridized carbons (Fsp3) is 1.00. The molecule has 1 saturated heterocycles. The van der Waals surface area contributed by atoms with Gasteiger partial charge in [0.1, 0.15) is 0 Å². The van der Waals surface area contributed by atoms with Crippen molar-refractivity contribution in [2.24, 2.45) is 5.92 Å². The molecule has 1 aliphatic rings. The second-order valence-electron chi connectivity index (χ2n) is 4.39. The summed E-state index contributed by atoms with van der Waals surface area (Å²) in [7, 11) is 0. The smallest absolute Gasteiger partial charge is 0.0443 e. The van der Waals surface area contributed by atoms with Gasteiger partial charge < -0.3 is 15.3 Å². The van der Waals surface area contributed by atoms with Crippen molar-refractivity contribution in [1.29, 1.82) is 0 Å². The molecule has 2 N–H and O–H groups in total.